The van der Waals surface area contributed by atoms with Crippen LogP contribution in [0.2, 0.25) is 0 Å². The van der Waals surface area contributed by atoms with E-state index in [1.165, 1.54) is 0 Å². The zero-order valence-electron chi connectivity index (χ0n) is 18.2. The lowest BCUT2D eigenvalue weighted by atomic mass is 10.0. The summed E-state index contributed by atoms with van der Waals surface area (Å²) < 4.78 is 0. The Balaban J connectivity index is 1.43. The third-order valence-electron chi connectivity index (χ3n) is 5.28. The number of rotatable bonds is 5. The maximum Gasteiger partial charge on any atom is 0.255 e. The SMILES string of the molecule is Nc1ccc(NC(=O)c2ccc(-c3ccc(C(=O)Nc4ccc(N)cc4N)cc3)cc2)c(N)c1. The molecule has 0 radical (unpaired) electrons. The molecule has 0 atom stereocenters. The molecule has 4 rings (SSSR count). The lowest BCUT2D eigenvalue weighted by Gasteiger charge is -2.10. The fourth-order valence-electron chi connectivity index (χ4n) is 3.41. The summed E-state index contributed by atoms with van der Waals surface area (Å²) in [5, 5.41) is 5.56. The monoisotopic (exact) mass is 452 g/mol. The highest BCUT2D eigenvalue weighted by molar-refractivity contribution is 6.07. The largest absolute Gasteiger partial charge is 0.399 e. The van der Waals surface area contributed by atoms with Gasteiger partial charge in [-0.05, 0) is 71.8 Å². The lowest BCUT2D eigenvalue weighted by molar-refractivity contribution is 0.101. The Hall–Kier alpha value is -4.98. The Bertz CT molecular complexity index is 1260. The topological polar surface area (TPSA) is 162 Å². The van der Waals surface area contributed by atoms with Crippen LogP contribution in [0, 0.1) is 0 Å². The highest BCUT2D eigenvalue weighted by atomic mass is 16.2. The predicted molar refractivity (Wildman–Crippen MR) is 138 cm³/mol. The van der Waals surface area contributed by atoms with Gasteiger partial charge in [-0.25, -0.2) is 0 Å². The van der Waals surface area contributed by atoms with Crippen LogP contribution in [0.4, 0.5) is 34.1 Å². The second kappa shape index (κ2) is 9.25. The molecule has 170 valence electrons. The van der Waals surface area contributed by atoms with Gasteiger partial charge in [0.25, 0.3) is 11.8 Å². The van der Waals surface area contributed by atoms with Gasteiger partial charge in [0, 0.05) is 22.5 Å². The van der Waals surface area contributed by atoms with Crippen molar-refractivity contribution < 1.29 is 9.59 Å². The van der Waals surface area contributed by atoms with Crippen LogP contribution in [0.1, 0.15) is 20.7 Å². The first-order valence-electron chi connectivity index (χ1n) is 10.4. The summed E-state index contributed by atoms with van der Waals surface area (Å²) in [6.45, 7) is 0. The van der Waals surface area contributed by atoms with Crippen LogP contribution in [0.25, 0.3) is 11.1 Å². The van der Waals surface area contributed by atoms with Gasteiger partial charge in [0.1, 0.15) is 0 Å². The van der Waals surface area contributed by atoms with Gasteiger partial charge >= 0.3 is 0 Å². The number of amides is 2. The number of hydrogen-bond donors (Lipinski definition) is 6. The number of nitrogens with two attached hydrogens (primary N) is 4. The quantitative estimate of drug-likeness (QED) is 0.249. The normalized spacial score (nSPS) is 10.5. The van der Waals surface area contributed by atoms with Crippen LogP contribution in [0.3, 0.4) is 0 Å². The molecule has 0 fully saturated rings. The Morgan fingerprint density at radius 3 is 1.18 bits per heavy atom. The van der Waals surface area contributed by atoms with Gasteiger partial charge in [-0.2, -0.15) is 0 Å². The van der Waals surface area contributed by atoms with Crippen molar-refractivity contribution in [3.63, 3.8) is 0 Å². The number of carbonyl (C=O) groups is 2. The van der Waals surface area contributed by atoms with Crippen molar-refractivity contribution in [2.24, 2.45) is 0 Å². The molecule has 0 bridgehead atoms. The van der Waals surface area contributed by atoms with Crippen molar-refractivity contribution in [2.45, 2.75) is 0 Å². The molecule has 8 heteroatoms. The average Bonchev–Trinajstić information content (AvgIpc) is 2.83. The van der Waals surface area contributed by atoms with E-state index >= 15 is 0 Å². The number of hydrogen-bond acceptors (Lipinski definition) is 6. The van der Waals surface area contributed by atoms with E-state index in [-0.39, 0.29) is 11.8 Å². The molecule has 4 aromatic rings. The van der Waals surface area contributed by atoms with E-state index in [4.69, 9.17) is 22.9 Å². The van der Waals surface area contributed by atoms with Crippen LogP contribution >= 0.6 is 0 Å². The Morgan fingerprint density at radius 2 is 0.853 bits per heavy atom. The minimum Gasteiger partial charge on any atom is -0.399 e. The van der Waals surface area contributed by atoms with Crippen molar-refractivity contribution in [1.29, 1.82) is 0 Å². The molecule has 0 aliphatic heterocycles. The molecule has 0 spiro atoms. The van der Waals surface area contributed by atoms with Gasteiger partial charge in [0.2, 0.25) is 0 Å². The number of carbonyl (C=O) groups excluding carboxylic acids is 2. The van der Waals surface area contributed by atoms with E-state index in [0.717, 1.165) is 11.1 Å². The van der Waals surface area contributed by atoms with Crippen LogP contribution in [0.15, 0.2) is 84.9 Å². The van der Waals surface area contributed by atoms with E-state index in [9.17, 15) is 9.59 Å². The summed E-state index contributed by atoms with van der Waals surface area (Å²) in [5.74, 6) is -0.561. The van der Waals surface area contributed by atoms with E-state index in [1.807, 2.05) is 24.3 Å². The fraction of sp³-hybridized carbons (Fsp3) is 0. The van der Waals surface area contributed by atoms with Crippen molar-refractivity contribution in [3.05, 3.63) is 96.1 Å². The summed E-state index contributed by atoms with van der Waals surface area (Å²) in [6, 6.07) is 24.1. The summed E-state index contributed by atoms with van der Waals surface area (Å²) >= 11 is 0. The average molecular weight is 453 g/mol. The van der Waals surface area contributed by atoms with Crippen molar-refractivity contribution in [2.75, 3.05) is 33.6 Å². The third kappa shape index (κ3) is 4.91. The molecule has 0 saturated carbocycles. The van der Waals surface area contributed by atoms with E-state index < -0.39 is 0 Å². The van der Waals surface area contributed by atoms with Gasteiger partial charge in [-0.1, -0.05) is 24.3 Å². The van der Waals surface area contributed by atoms with Crippen LogP contribution in [-0.2, 0) is 0 Å². The maximum absolute atomic E-state index is 12.6. The second-order valence-electron chi connectivity index (χ2n) is 7.76. The molecule has 0 heterocycles. The van der Waals surface area contributed by atoms with Gasteiger partial charge in [-0.3, -0.25) is 9.59 Å². The highest BCUT2D eigenvalue weighted by Gasteiger charge is 2.11. The smallest absolute Gasteiger partial charge is 0.255 e. The Labute approximate surface area is 196 Å². The van der Waals surface area contributed by atoms with Gasteiger partial charge in [-0.15, -0.1) is 0 Å². The first-order chi connectivity index (χ1) is 16.3. The van der Waals surface area contributed by atoms with Crippen LogP contribution < -0.4 is 33.6 Å². The molecule has 34 heavy (non-hydrogen) atoms. The third-order valence-corrected chi connectivity index (χ3v) is 5.28. The van der Waals surface area contributed by atoms with Crippen molar-refractivity contribution in [1.82, 2.24) is 0 Å². The molecule has 8 nitrogen and oxygen atoms in total. The van der Waals surface area contributed by atoms with Gasteiger partial charge in [0.05, 0.1) is 22.7 Å². The first kappa shape index (κ1) is 22.2. The van der Waals surface area contributed by atoms with E-state index in [1.54, 1.807) is 60.7 Å². The zero-order valence-corrected chi connectivity index (χ0v) is 18.2. The van der Waals surface area contributed by atoms with Crippen LogP contribution in [-0.4, -0.2) is 11.8 Å². The molecule has 10 N–H and O–H groups in total. The minimum absolute atomic E-state index is 0.281. The highest BCUT2D eigenvalue weighted by Crippen LogP contribution is 2.25. The molecule has 4 aromatic carbocycles. The standard InChI is InChI=1S/C26H24N6O2/c27-19-9-11-23(21(29)13-19)31-25(33)17-5-1-15(2-6-17)16-3-7-18(8-4-16)26(34)32-24-12-10-20(28)14-22(24)30/h1-14H,27-30H2,(H,31,33)(H,32,34). The molecular formula is C26H24N6O2. The van der Waals surface area contributed by atoms with Crippen molar-refractivity contribution >= 4 is 45.9 Å². The summed E-state index contributed by atoms with van der Waals surface area (Å²) in [6.07, 6.45) is 0. The predicted octanol–water partition coefficient (Wildman–Crippen LogP) is 4.19. The Morgan fingerprint density at radius 1 is 0.500 bits per heavy atom. The fourth-order valence-corrected chi connectivity index (χ4v) is 3.41. The zero-order chi connectivity index (χ0) is 24.2. The minimum atomic E-state index is -0.281. The summed E-state index contributed by atoms with van der Waals surface area (Å²) in [7, 11) is 0. The van der Waals surface area contributed by atoms with Gasteiger partial charge in [0.15, 0.2) is 0 Å². The Kier molecular flexibility index (Phi) is 6.05. The number of nitrogens with one attached hydrogen (secondary N) is 2. The summed E-state index contributed by atoms with van der Waals surface area (Å²) in [4.78, 5) is 25.1. The van der Waals surface area contributed by atoms with Gasteiger partial charge < -0.3 is 33.6 Å². The number of nitrogen functional groups attached to an aromatic ring is 4. The van der Waals surface area contributed by atoms with E-state index in [0.29, 0.717) is 45.3 Å². The number of anilines is 6. The molecule has 0 aliphatic rings. The summed E-state index contributed by atoms with van der Waals surface area (Å²) in [5.41, 5.74) is 28.8. The first-order valence-corrected chi connectivity index (χ1v) is 10.4. The van der Waals surface area contributed by atoms with Crippen molar-refractivity contribution in [3.8, 4) is 11.1 Å². The second-order valence-corrected chi connectivity index (χ2v) is 7.76. The van der Waals surface area contributed by atoms with E-state index in [2.05, 4.69) is 10.6 Å². The number of benzene rings is 4. The molecule has 2 amide bonds. The van der Waals surface area contributed by atoms with Crippen LogP contribution in [0.5, 0.6) is 0 Å². The molecular weight excluding hydrogens is 428 g/mol. The molecule has 0 aliphatic carbocycles. The lowest BCUT2D eigenvalue weighted by Crippen LogP contribution is -2.13. The molecule has 0 unspecified atom stereocenters. The molecule has 0 saturated heterocycles. The molecule has 0 aromatic heterocycles. The maximum atomic E-state index is 12.6.